The molecule has 46 heavy (non-hydrogen) atoms. The third-order valence-electron chi connectivity index (χ3n) is 6.71. The number of rotatable bonds is 14. The van der Waals surface area contributed by atoms with Gasteiger partial charge in [-0.2, -0.15) is 0 Å². The van der Waals surface area contributed by atoms with Crippen molar-refractivity contribution in [1.29, 1.82) is 0 Å². The Morgan fingerprint density at radius 1 is 1.07 bits per heavy atom. The lowest BCUT2D eigenvalue weighted by Crippen LogP contribution is -2.36. The number of imide groups is 1. The van der Waals surface area contributed by atoms with Gasteiger partial charge in [0.05, 0.1) is 29.2 Å². The minimum atomic E-state index is -0.631. The van der Waals surface area contributed by atoms with Gasteiger partial charge in [0.15, 0.2) is 11.5 Å². The van der Waals surface area contributed by atoms with Crippen LogP contribution in [0.4, 0.5) is 10.5 Å². The van der Waals surface area contributed by atoms with Gasteiger partial charge in [0.2, 0.25) is 5.91 Å². The monoisotopic (exact) mass is 682 g/mol. The summed E-state index contributed by atoms with van der Waals surface area (Å²) in [5.41, 5.74) is 2.64. The first-order chi connectivity index (χ1) is 22.1. The van der Waals surface area contributed by atoms with Crippen LogP contribution in [-0.2, 0) is 27.4 Å². The number of allylic oxidation sites excluding steroid dienone is 1. The average Bonchev–Trinajstić information content (AvgIpc) is 3.29. The number of esters is 1. The van der Waals surface area contributed by atoms with Gasteiger partial charge in [0, 0.05) is 16.3 Å². The van der Waals surface area contributed by atoms with Crippen molar-refractivity contribution in [3.63, 3.8) is 0 Å². The van der Waals surface area contributed by atoms with E-state index in [0.29, 0.717) is 34.9 Å². The molecular formula is C34H32Cl2N2O7S. The van der Waals surface area contributed by atoms with E-state index in [1.165, 1.54) is 25.3 Å². The van der Waals surface area contributed by atoms with Crippen molar-refractivity contribution in [1.82, 2.24) is 4.90 Å². The van der Waals surface area contributed by atoms with E-state index in [1.54, 1.807) is 30.4 Å². The van der Waals surface area contributed by atoms with Crippen LogP contribution in [0, 0.1) is 0 Å². The summed E-state index contributed by atoms with van der Waals surface area (Å²) in [5.74, 6) is -0.893. The molecule has 3 aromatic carbocycles. The number of hydrogen-bond donors (Lipinski definition) is 1. The van der Waals surface area contributed by atoms with E-state index in [4.69, 9.17) is 37.4 Å². The van der Waals surface area contributed by atoms with E-state index in [0.717, 1.165) is 34.2 Å². The first-order valence-electron chi connectivity index (χ1n) is 14.3. The van der Waals surface area contributed by atoms with Crippen LogP contribution in [0.1, 0.15) is 46.8 Å². The van der Waals surface area contributed by atoms with Crippen molar-refractivity contribution >= 4 is 69.8 Å². The summed E-state index contributed by atoms with van der Waals surface area (Å²) >= 11 is 12.9. The minimum absolute atomic E-state index is 0.0947. The van der Waals surface area contributed by atoms with Crippen LogP contribution in [0.5, 0.6) is 11.5 Å². The molecule has 1 heterocycles. The number of carbonyl (C=O) groups excluding carboxylic acids is 4. The molecule has 1 aliphatic heterocycles. The van der Waals surface area contributed by atoms with Crippen molar-refractivity contribution in [2.75, 3.05) is 25.6 Å². The number of amides is 3. The zero-order chi connectivity index (χ0) is 33.2. The predicted octanol–water partition coefficient (Wildman–Crippen LogP) is 7.94. The van der Waals surface area contributed by atoms with Crippen LogP contribution in [0.3, 0.4) is 0 Å². The third kappa shape index (κ3) is 8.93. The normalized spacial score (nSPS) is 13.6. The molecule has 3 amide bonds. The van der Waals surface area contributed by atoms with Crippen molar-refractivity contribution in [3.05, 3.63) is 104 Å². The maximum atomic E-state index is 13.2. The van der Waals surface area contributed by atoms with Crippen LogP contribution in [-0.4, -0.2) is 48.2 Å². The molecule has 0 bridgehead atoms. The molecule has 0 unspecified atom stereocenters. The summed E-state index contributed by atoms with van der Waals surface area (Å²) in [5, 5.41) is 2.81. The third-order valence-corrected chi connectivity index (χ3v) is 8.20. The standard InChI is InChI=1S/C34H32Cl2N2O7S/c1-4-6-14-44-33(41)26-18-25(12-13-27(26)36)37-30(39)19-38-32(40)29(46-34(38)42)17-22-15-23(7-5-2)31(28(16-22)43-3)45-20-21-8-10-24(35)11-9-21/h5,8-13,15-18H,2,4,6-7,14,19-20H2,1,3H3,(H,37,39)/b29-17-. The number of nitrogens with zero attached hydrogens (tertiary/aromatic N) is 1. The molecule has 9 nitrogen and oxygen atoms in total. The molecule has 240 valence electrons. The second kappa shape index (κ2) is 16.4. The molecule has 0 spiro atoms. The number of nitrogens with one attached hydrogen (secondary N) is 1. The number of hydrogen-bond acceptors (Lipinski definition) is 8. The fourth-order valence-corrected chi connectivity index (χ4v) is 5.56. The number of ether oxygens (including phenoxy) is 3. The molecular weight excluding hydrogens is 651 g/mol. The fraction of sp³-hybridized carbons (Fsp3) is 0.235. The van der Waals surface area contributed by atoms with E-state index < -0.39 is 29.6 Å². The first kappa shape index (κ1) is 34.6. The van der Waals surface area contributed by atoms with Crippen LogP contribution in [0.15, 0.2) is 72.2 Å². The maximum Gasteiger partial charge on any atom is 0.339 e. The van der Waals surface area contributed by atoms with Gasteiger partial charge < -0.3 is 19.5 Å². The van der Waals surface area contributed by atoms with Crippen molar-refractivity contribution in [2.24, 2.45) is 0 Å². The zero-order valence-corrected chi connectivity index (χ0v) is 27.6. The van der Waals surface area contributed by atoms with Gasteiger partial charge in [-0.3, -0.25) is 19.3 Å². The largest absolute Gasteiger partial charge is 0.493 e. The molecule has 0 aliphatic carbocycles. The number of unbranched alkanes of at least 4 members (excludes halogenated alkanes) is 1. The van der Waals surface area contributed by atoms with Crippen LogP contribution < -0.4 is 14.8 Å². The molecule has 0 radical (unpaired) electrons. The number of benzene rings is 3. The Kier molecular flexibility index (Phi) is 12.3. The lowest BCUT2D eigenvalue weighted by atomic mass is 10.0. The highest BCUT2D eigenvalue weighted by Crippen LogP contribution is 2.37. The minimum Gasteiger partial charge on any atom is -0.493 e. The maximum absolute atomic E-state index is 13.2. The molecule has 1 saturated heterocycles. The Hall–Kier alpha value is -4.25. The van der Waals surface area contributed by atoms with Crippen molar-refractivity contribution < 1.29 is 33.4 Å². The fourth-order valence-electron chi connectivity index (χ4n) is 4.40. The van der Waals surface area contributed by atoms with Crippen LogP contribution in [0.2, 0.25) is 10.0 Å². The smallest absolute Gasteiger partial charge is 0.339 e. The second-order valence-corrected chi connectivity index (χ2v) is 12.0. The number of halogens is 2. The SMILES string of the molecule is C=CCc1cc(/C=C2\SC(=O)N(CC(=O)Nc3ccc(Cl)c(C(=O)OCCCC)c3)C2=O)cc(OC)c1OCc1ccc(Cl)cc1. The molecule has 1 aliphatic rings. The molecule has 1 fully saturated rings. The molecule has 0 atom stereocenters. The first-order valence-corrected chi connectivity index (χ1v) is 15.9. The summed E-state index contributed by atoms with van der Waals surface area (Å²) in [4.78, 5) is 52.2. The summed E-state index contributed by atoms with van der Waals surface area (Å²) < 4.78 is 16.9. The number of carbonyl (C=O) groups is 4. The summed E-state index contributed by atoms with van der Waals surface area (Å²) in [6.45, 7) is 5.81. The van der Waals surface area contributed by atoms with Crippen molar-refractivity contribution in [2.45, 2.75) is 32.8 Å². The van der Waals surface area contributed by atoms with Crippen LogP contribution in [0.25, 0.3) is 6.08 Å². The molecule has 1 N–H and O–H groups in total. The molecule has 0 saturated carbocycles. The Balaban J connectivity index is 1.47. The van der Waals surface area contributed by atoms with E-state index in [2.05, 4.69) is 11.9 Å². The lowest BCUT2D eigenvalue weighted by molar-refractivity contribution is -0.127. The summed E-state index contributed by atoms with van der Waals surface area (Å²) in [6, 6.07) is 15.2. The van der Waals surface area contributed by atoms with E-state index >= 15 is 0 Å². The number of methoxy groups -OCH3 is 1. The Morgan fingerprint density at radius 3 is 2.52 bits per heavy atom. The highest BCUT2D eigenvalue weighted by atomic mass is 35.5. The molecule has 0 aromatic heterocycles. The van der Waals surface area contributed by atoms with Gasteiger partial charge in [-0.1, -0.05) is 54.8 Å². The van der Waals surface area contributed by atoms with Crippen molar-refractivity contribution in [3.8, 4) is 11.5 Å². The Labute approximate surface area is 281 Å². The van der Waals surface area contributed by atoms with Gasteiger partial charge in [-0.05, 0) is 84.3 Å². The Morgan fingerprint density at radius 2 is 1.83 bits per heavy atom. The van der Waals surface area contributed by atoms with Gasteiger partial charge in [0.1, 0.15) is 13.2 Å². The molecule has 3 aromatic rings. The van der Waals surface area contributed by atoms with Crippen LogP contribution >= 0.6 is 35.0 Å². The number of anilines is 1. The highest BCUT2D eigenvalue weighted by Gasteiger charge is 2.36. The highest BCUT2D eigenvalue weighted by molar-refractivity contribution is 8.18. The zero-order valence-electron chi connectivity index (χ0n) is 25.3. The quantitative estimate of drug-likeness (QED) is 0.0789. The van der Waals surface area contributed by atoms with Gasteiger partial charge in [0.25, 0.3) is 11.1 Å². The average molecular weight is 684 g/mol. The van der Waals surface area contributed by atoms with Gasteiger partial charge in [-0.15, -0.1) is 6.58 Å². The molecule has 4 rings (SSSR count). The predicted molar refractivity (Wildman–Crippen MR) is 181 cm³/mol. The van der Waals surface area contributed by atoms with E-state index in [-0.39, 0.29) is 34.4 Å². The summed E-state index contributed by atoms with van der Waals surface area (Å²) in [6.07, 6.45) is 5.31. The van der Waals surface area contributed by atoms with E-state index in [1.807, 2.05) is 25.1 Å². The topological polar surface area (TPSA) is 111 Å². The second-order valence-electron chi connectivity index (χ2n) is 10.1. The summed E-state index contributed by atoms with van der Waals surface area (Å²) in [7, 11) is 1.51. The lowest BCUT2D eigenvalue weighted by Gasteiger charge is -2.16. The Bertz CT molecular complexity index is 1670. The molecule has 12 heteroatoms. The van der Waals surface area contributed by atoms with Gasteiger partial charge in [-0.25, -0.2) is 4.79 Å². The van der Waals surface area contributed by atoms with Gasteiger partial charge >= 0.3 is 5.97 Å². The van der Waals surface area contributed by atoms with E-state index in [9.17, 15) is 19.2 Å². The number of thioether (sulfide) groups is 1.